The number of halogens is 1. The van der Waals surface area contributed by atoms with Crippen molar-refractivity contribution in [2.75, 3.05) is 11.1 Å². The topological polar surface area (TPSA) is 43.1 Å². The number of carbonyl (C=O) groups excluding carboxylic acids is 1. The highest BCUT2D eigenvalue weighted by Gasteiger charge is 2.07. The number of Topliss-reactive ketones (excluding diaryl/α,β-unsaturated/α-hetero) is 1. The van der Waals surface area contributed by atoms with Gasteiger partial charge < -0.3 is 5.73 Å². The van der Waals surface area contributed by atoms with Crippen LogP contribution in [0.5, 0.6) is 0 Å². The number of hydrogen-bond donors (Lipinski definition) is 1. The van der Waals surface area contributed by atoms with E-state index in [-0.39, 0.29) is 5.78 Å². The third-order valence-corrected chi connectivity index (χ3v) is 2.23. The van der Waals surface area contributed by atoms with Gasteiger partial charge in [0.2, 0.25) is 0 Å². The molecule has 13 heavy (non-hydrogen) atoms. The average Bonchev–Trinajstić information content (AvgIpc) is 2.04. The summed E-state index contributed by atoms with van der Waals surface area (Å²) in [5, 5.41) is 0.680. The minimum absolute atomic E-state index is 0.0920. The molecule has 0 unspecified atom stereocenters. The maximum absolute atomic E-state index is 11.5. The van der Waals surface area contributed by atoms with E-state index >= 15 is 0 Å². The van der Waals surface area contributed by atoms with Crippen LogP contribution in [-0.2, 0) is 0 Å². The second-order valence-electron chi connectivity index (χ2n) is 2.95. The van der Waals surface area contributed by atoms with Crippen molar-refractivity contribution in [1.29, 1.82) is 0 Å². The van der Waals surface area contributed by atoms with E-state index in [9.17, 15) is 4.79 Å². The molecule has 0 aromatic heterocycles. The highest BCUT2D eigenvalue weighted by Crippen LogP contribution is 2.15. The van der Waals surface area contributed by atoms with Crippen molar-refractivity contribution in [1.82, 2.24) is 0 Å². The molecule has 0 spiro atoms. The summed E-state index contributed by atoms with van der Waals surface area (Å²) in [6, 6.07) is 5.51. The monoisotopic (exact) mass is 241 g/mol. The summed E-state index contributed by atoms with van der Waals surface area (Å²) in [4.78, 5) is 11.5. The van der Waals surface area contributed by atoms with Gasteiger partial charge in [-0.25, -0.2) is 0 Å². The number of aryl methyl sites for hydroxylation is 1. The number of anilines is 1. The van der Waals surface area contributed by atoms with Crippen LogP contribution in [0.4, 0.5) is 5.69 Å². The van der Waals surface area contributed by atoms with Crippen LogP contribution in [0.2, 0.25) is 0 Å². The molecule has 3 heteroatoms. The number of benzene rings is 1. The molecular weight excluding hydrogens is 230 g/mol. The summed E-state index contributed by atoms with van der Waals surface area (Å²) in [6.07, 6.45) is 0.493. The van der Waals surface area contributed by atoms with Crippen LogP contribution in [0.1, 0.15) is 22.3 Å². The Morgan fingerprint density at radius 1 is 1.54 bits per heavy atom. The van der Waals surface area contributed by atoms with Gasteiger partial charge in [-0.2, -0.15) is 0 Å². The van der Waals surface area contributed by atoms with Crippen molar-refractivity contribution in [3.63, 3.8) is 0 Å². The number of hydrogen-bond acceptors (Lipinski definition) is 2. The number of carbonyl (C=O) groups is 1. The molecule has 0 amide bonds. The minimum Gasteiger partial charge on any atom is -0.398 e. The molecule has 1 aromatic rings. The first kappa shape index (κ1) is 10.3. The highest BCUT2D eigenvalue weighted by atomic mass is 79.9. The molecule has 0 aliphatic heterocycles. The summed E-state index contributed by atoms with van der Waals surface area (Å²) in [5.41, 5.74) is 8.00. The van der Waals surface area contributed by atoms with Crippen LogP contribution < -0.4 is 5.73 Å². The summed E-state index contributed by atoms with van der Waals surface area (Å²) < 4.78 is 0. The van der Waals surface area contributed by atoms with Crippen LogP contribution in [0, 0.1) is 6.92 Å². The SMILES string of the molecule is Cc1ccc(C(=O)CCBr)c(N)c1. The van der Waals surface area contributed by atoms with Gasteiger partial charge in [-0.3, -0.25) is 4.79 Å². The maximum atomic E-state index is 11.5. The lowest BCUT2D eigenvalue weighted by molar-refractivity contribution is 0.0990. The van der Waals surface area contributed by atoms with E-state index in [1.165, 1.54) is 0 Å². The fourth-order valence-corrected chi connectivity index (χ4v) is 1.52. The molecule has 1 rings (SSSR count). The molecule has 0 aliphatic rings. The Kier molecular flexibility index (Phi) is 3.48. The van der Waals surface area contributed by atoms with E-state index < -0.39 is 0 Å². The maximum Gasteiger partial charge on any atom is 0.165 e. The van der Waals surface area contributed by atoms with Gasteiger partial charge in [0.05, 0.1) is 0 Å². The van der Waals surface area contributed by atoms with Crippen LogP contribution >= 0.6 is 15.9 Å². The van der Waals surface area contributed by atoms with E-state index in [1.54, 1.807) is 6.07 Å². The summed E-state index contributed by atoms with van der Waals surface area (Å²) in [5.74, 6) is 0.0920. The van der Waals surface area contributed by atoms with Crippen LogP contribution in [0.25, 0.3) is 0 Å². The first-order chi connectivity index (χ1) is 6.15. The molecule has 0 aliphatic carbocycles. The Balaban J connectivity index is 2.95. The molecule has 2 N–H and O–H groups in total. The van der Waals surface area contributed by atoms with E-state index in [1.807, 2.05) is 19.1 Å². The first-order valence-electron chi connectivity index (χ1n) is 4.10. The molecule has 1 aromatic carbocycles. The second kappa shape index (κ2) is 4.42. The van der Waals surface area contributed by atoms with Crippen molar-refractivity contribution < 1.29 is 4.79 Å². The van der Waals surface area contributed by atoms with Gasteiger partial charge in [-0.15, -0.1) is 0 Å². The predicted octanol–water partition coefficient (Wildman–Crippen LogP) is 2.54. The van der Waals surface area contributed by atoms with Crippen molar-refractivity contribution >= 4 is 27.4 Å². The Morgan fingerprint density at radius 3 is 2.77 bits per heavy atom. The zero-order valence-electron chi connectivity index (χ0n) is 7.51. The van der Waals surface area contributed by atoms with Crippen molar-refractivity contribution in [3.8, 4) is 0 Å². The normalized spacial score (nSPS) is 10.0. The van der Waals surface area contributed by atoms with E-state index in [4.69, 9.17) is 5.73 Å². The molecule has 0 atom stereocenters. The molecule has 0 heterocycles. The third kappa shape index (κ3) is 2.56. The smallest absolute Gasteiger partial charge is 0.165 e. The third-order valence-electron chi connectivity index (χ3n) is 1.83. The van der Waals surface area contributed by atoms with Crippen molar-refractivity contribution in [2.45, 2.75) is 13.3 Å². The van der Waals surface area contributed by atoms with E-state index in [0.29, 0.717) is 23.0 Å². The number of ketones is 1. The molecule has 2 nitrogen and oxygen atoms in total. The number of nitrogen functional groups attached to an aromatic ring is 1. The zero-order chi connectivity index (χ0) is 9.84. The Hall–Kier alpha value is -0.830. The van der Waals surface area contributed by atoms with Gasteiger partial charge >= 0.3 is 0 Å². The molecule has 0 radical (unpaired) electrons. The number of rotatable bonds is 3. The van der Waals surface area contributed by atoms with Gasteiger partial charge in [0.15, 0.2) is 5.78 Å². The number of nitrogens with two attached hydrogens (primary N) is 1. The highest BCUT2D eigenvalue weighted by molar-refractivity contribution is 9.09. The average molecular weight is 242 g/mol. The predicted molar refractivity (Wildman–Crippen MR) is 58.3 cm³/mol. The fourth-order valence-electron chi connectivity index (χ4n) is 1.16. The van der Waals surface area contributed by atoms with Crippen molar-refractivity contribution in [3.05, 3.63) is 29.3 Å². The Labute approximate surface area is 86.3 Å². The lowest BCUT2D eigenvalue weighted by Gasteiger charge is -2.03. The second-order valence-corrected chi connectivity index (χ2v) is 3.75. The van der Waals surface area contributed by atoms with Gasteiger partial charge in [0.25, 0.3) is 0 Å². The Bertz CT molecular complexity index is 323. The largest absolute Gasteiger partial charge is 0.398 e. The van der Waals surface area contributed by atoms with E-state index in [2.05, 4.69) is 15.9 Å². The molecule has 70 valence electrons. The lowest BCUT2D eigenvalue weighted by Crippen LogP contribution is -2.04. The van der Waals surface area contributed by atoms with Gasteiger partial charge in [-0.1, -0.05) is 22.0 Å². The quantitative estimate of drug-likeness (QED) is 0.502. The van der Waals surface area contributed by atoms with Crippen LogP contribution in [0.3, 0.4) is 0 Å². The molecule has 0 fully saturated rings. The molecule has 0 bridgehead atoms. The molecular formula is C10H12BrNO. The summed E-state index contributed by atoms with van der Waals surface area (Å²) in [6.45, 7) is 1.95. The summed E-state index contributed by atoms with van der Waals surface area (Å²) >= 11 is 3.22. The van der Waals surface area contributed by atoms with Gasteiger partial charge in [0.1, 0.15) is 0 Å². The lowest BCUT2D eigenvalue weighted by atomic mass is 10.0. The fraction of sp³-hybridized carbons (Fsp3) is 0.300. The molecule has 0 saturated carbocycles. The van der Waals surface area contributed by atoms with Gasteiger partial charge in [0, 0.05) is 23.0 Å². The van der Waals surface area contributed by atoms with Gasteiger partial charge in [-0.05, 0) is 24.6 Å². The first-order valence-corrected chi connectivity index (χ1v) is 5.22. The van der Waals surface area contributed by atoms with E-state index in [0.717, 1.165) is 5.56 Å². The van der Waals surface area contributed by atoms with Crippen molar-refractivity contribution in [2.24, 2.45) is 0 Å². The number of alkyl halides is 1. The standard InChI is InChI=1S/C10H12BrNO/c1-7-2-3-8(9(12)6-7)10(13)4-5-11/h2-3,6H,4-5,12H2,1H3. The summed E-state index contributed by atoms with van der Waals surface area (Å²) in [7, 11) is 0. The Morgan fingerprint density at radius 2 is 2.23 bits per heavy atom. The van der Waals surface area contributed by atoms with Crippen LogP contribution in [0.15, 0.2) is 18.2 Å². The molecule has 0 saturated heterocycles. The van der Waals surface area contributed by atoms with Crippen LogP contribution in [-0.4, -0.2) is 11.1 Å². The minimum atomic E-state index is 0.0920. The zero-order valence-corrected chi connectivity index (χ0v) is 9.10.